The molecule has 0 aliphatic carbocycles. The van der Waals surface area contributed by atoms with Crippen LogP contribution >= 0.6 is 11.3 Å². The predicted octanol–water partition coefficient (Wildman–Crippen LogP) is 2.38. The molecule has 20 heavy (non-hydrogen) atoms. The molecule has 0 unspecified atom stereocenters. The molecule has 0 amide bonds. The third-order valence-electron chi connectivity index (χ3n) is 2.88. The summed E-state index contributed by atoms with van der Waals surface area (Å²) in [5.41, 5.74) is 2.29. The van der Waals surface area contributed by atoms with Gasteiger partial charge in [0, 0.05) is 12.0 Å². The number of hydrogen-bond donors (Lipinski definition) is 3. The Kier molecular flexibility index (Phi) is 4.42. The lowest BCUT2D eigenvalue weighted by Gasteiger charge is -2.26. The van der Waals surface area contributed by atoms with Crippen molar-refractivity contribution in [3.8, 4) is 0 Å². The van der Waals surface area contributed by atoms with Crippen LogP contribution in [-0.2, 0) is 11.2 Å². The summed E-state index contributed by atoms with van der Waals surface area (Å²) in [6.45, 7) is 6.83. The SMILES string of the molecule is CCc1cc2c(NC(C)(C)COC)nc(NN)nc2s1. The number of nitrogen functional groups attached to an aromatic ring is 1. The van der Waals surface area contributed by atoms with Crippen LogP contribution in [0, 0.1) is 0 Å². The van der Waals surface area contributed by atoms with Gasteiger partial charge in [-0.2, -0.15) is 4.98 Å². The summed E-state index contributed by atoms with van der Waals surface area (Å²) in [7, 11) is 1.69. The number of rotatable bonds is 6. The minimum Gasteiger partial charge on any atom is -0.382 e. The standard InChI is InChI=1S/C13H21N5OS/c1-5-8-6-9-10(17-13(2,3)7-19-4)15-12(18-14)16-11(9)20-8/h6H,5,7,14H2,1-4H3,(H2,15,16,17,18). The first-order valence-corrected chi connectivity index (χ1v) is 7.35. The van der Waals surface area contributed by atoms with Crippen molar-refractivity contribution in [2.45, 2.75) is 32.7 Å². The number of fused-ring (bicyclic) bond motifs is 1. The van der Waals surface area contributed by atoms with Gasteiger partial charge < -0.3 is 10.1 Å². The highest BCUT2D eigenvalue weighted by molar-refractivity contribution is 7.18. The average molecular weight is 295 g/mol. The lowest BCUT2D eigenvalue weighted by Crippen LogP contribution is -2.36. The molecule has 0 aliphatic heterocycles. The van der Waals surface area contributed by atoms with E-state index in [4.69, 9.17) is 10.6 Å². The van der Waals surface area contributed by atoms with Gasteiger partial charge in [0.15, 0.2) is 0 Å². The fourth-order valence-corrected chi connectivity index (χ4v) is 2.99. The van der Waals surface area contributed by atoms with Crippen molar-refractivity contribution in [2.24, 2.45) is 5.84 Å². The van der Waals surface area contributed by atoms with Crippen molar-refractivity contribution in [1.29, 1.82) is 0 Å². The minimum absolute atomic E-state index is 0.226. The quantitative estimate of drug-likeness (QED) is 0.560. The third-order valence-corrected chi connectivity index (χ3v) is 4.06. The van der Waals surface area contributed by atoms with E-state index >= 15 is 0 Å². The van der Waals surface area contributed by atoms with Crippen molar-refractivity contribution in [2.75, 3.05) is 24.5 Å². The number of aryl methyl sites for hydroxylation is 1. The van der Waals surface area contributed by atoms with E-state index in [9.17, 15) is 0 Å². The number of hydrazine groups is 1. The number of hydrogen-bond acceptors (Lipinski definition) is 7. The Labute approximate surface area is 122 Å². The Morgan fingerprint density at radius 2 is 2.15 bits per heavy atom. The lowest BCUT2D eigenvalue weighted by molar-refractivity contribution is 0.158. The number of anilines is 2. The summed E-state index contributed by atoms with van der Waals surface area (Å²) in [5, 5.41) is 4.43. The van der Waals surface area contributed by atoms with Crippen molar-refractivity contribution in [3.05, 3.63) is 10.9 Å². The topological polar surface area (TPSA) is 85.1 Å². The van der Waals surface area contributed by atoms with Gasteiger partial charge in [-0.25, -0.2) is 10.8 Å². The Morgan fingerprint density at radius 1 is 1.40 bits per heavy atom. The maximum absolute atomic E-state index is 5.45. The summed E-state index contributed by atoms with van der Waals surface area (Å²) >= 11 is 1.66. The lowest BCUT2D eigenvalue weighted by atomic mass is 10.1. The molecule has 2 rings (SSSR count). The van der Waals surface area contributed by atoms with Crippen LogP contribution in [0.25, 0.3) is 10.2 Å². The number of nitrogens with zero attached hydrogens (tertiary/aromatic N) is 2. The van der Waals surface area contributed by atoms with Gasteiger partial charge in [-0.3, -0.25) is 5.43 Å². The van der Waals surface area contributed by atoms with Crippen LogP contribution in [0.4, 0.5) is 11.8 Å². The van der Waals surface area contributed by atoms with Gasteiger partial charge in [0.05, 0.1) is 17.5 Å². The van der Waals surface area contributed by atoms with Crippen LogP contribution in [0.3, 0.4) is 0 Å². The van der Waals surface area contributed by atoms with Crippen LogP contribution in [0.15, 0.2) is 6.07 Å². The van der Waals surface area contributed by atoms with E-state index in [2.05, 4.69) is 47.5 Å². The Hall–Kier alpha value is -1.44. The van der Waals surface area contributed by atoms with Gasteiger partial charge in [0.1, 0.15) is 10.6 Å². The summed E-state index contributed by atoms with van der Waals surface area (Å²) < 4.78 is 5.23. The van der Waals surface area contributed by atoms with E-state index in [1.54, 1.807) is 18.4 Å². The molecule has 0 aromatic carbocycles. The van der Waals surface area contributed by atoms with Gasteiger partial charge >= 0.3 is 0 Å². The first-order valence-electron chi connectivity index (χ1n) is 6.53. The maximum Gasteiger partial charge on any atom is 0.240 e. The number of aromatic nitrogens is 2. The highest BCUT2D eigenvalue weighted by atomic mass is 32.1. The molecule has 110 valence electrons. The van der Waals surface area contributed by atoms with Gasteiger partial charge in [0.25, 0.3) is 0 Å². The fourth-order valence-electron chi connectivity index (χ4n) is 2.02. The molecule has 7 heteroatoms. The van der Waals surface area contributed by atoms with Crippen LogP contribution in [-0.4, -0.2) is 29.2 Å². The molecule has 0 atom stereocenters. The molecule has 0 saturated carbocycles. The zero-order chi connectivity index (χ0) is 14.8. The molecular formula is C13H21N5OS. The second-order valence-electron chi connectivity index (χ2n) is 5.27. The summed E-state index contributed by atoms with van der Waals surface area (Å²) in [5.74, 6) is 6.64. The second kappa shape index (κ2) is 5.90. The van der Waals surface area contributed by atoms with E-state index in [0.717, 1.165) is 22.5 Å². The first-order chi connectivity index (χ1) is 9.49. The van der Waals surface area contributed by atoms with Gasteiger partial charge in [-0.1, -0.05) is 6.92 Å². The zero-order valence-corrected chi connectivity index (χ0v) is 13.1. The monoisotopic (exact) mass is 295 g/mol. The molecule has 0 bridgehead atoms. The molecule has 0 fully saturated rings. The minimum atomic E-state index is -0.226. The molecule has 4 N–H and O–H groups in total. The Balaban J connectivity index is 2.46. The van der Waals surface area contributed by atoms with Crippen molar-refractivity contribution < 1.29 is 4.74 Å². The molecule has 0 saturated heterocycles. The molecule has 2 aromatic rings. The van der Waals surface area contributed by atoms with E-state index in [-0.39, 0.29) is 5.54 Å². The second-order valence-corrected chi connectivity index (χ2v) is 6.38. The third kappa shape index (κ3) is 3.17. The summed E-state index contributed by atoms with van der Waals surface area (Å²) in [4.78, 5) is 11.0. The normalized spacial score (nSPS) is 11.8. The number of ether oxygens (including phenoxy) is 1. The van der Waals surface area contributed by atoms with E-state index in [1.165, 1.54) is 4.88 Å². The summed E-state index contributed by atoms with van der Waals surface area (Å²) in [6.07, 6.45) is 0.979. The molecular weight excluding hydrogens is 274 g/mol. The predicted molar refractivity (Wildman–Crippen MR) is 84.2 cm³/mol. The Bertz CT molecular complexity index is 596. The molecule has 0 spiro atoms. The number of nitrogens with two attached hydrogens (primary N) is 1. The highest BCUT2D eigenvalue weighted by Gasteiger charge is 2.20. The van der Waals surface area contributed by atoms with Crippen molar-refractivity contribution in [3.63, 3.8) is 0 Å². The largest absolute Gasteiger partial charge is 0.382 e. The number of thiophene rings is 1. The van der Waals surface area contributed by atoms with Gasteiger partial charge in [-0.15, -0.1) is 11.3 Å². The Morgan fingerprint density at radius 3 is 2.75 bits per heavy atom. The average Bonchev–Trinajstić information content (AvgIpc) is 2.81. The van der Waals surface area contributed by atoms with Crippen molar-refractivity contribution in [1.82, 2.24) is 9.97 Å². The maximum atomic E-state index is 5.45. The van der Waals surface area contributed by atoms with Crippen LogP contribution in [0.5, 0.6) is 0 Å². The van der Waals surface area contributed by atoms with Gasteiger partial charge in [-0.05, 0) is 26.3 Å². The summed E-state index contributed by atoms with van der Waals surface area (Å²) in [6, 6.07) is 2.13. The molecule has 0 aliphatic rings. The number of nitrogens with one attached hydrogen (secondary N) is 2. The first kappa shape index (κ1) is 15.0. The molecule has 2 aromatic heterocycles. The number of methoxy groups -OCH3 is 1. The van der Waals surface area contributed by atoms with Crippen LogP contribution in [0.1, 0.15) is 25.6 Å². The van der Waals surface area contributed by atoms with Crippen molar-refractivity contribution >= 4 is 33.3 Å². The molecule has 6 nitrogen and oxygen atoms in total. The van der Waals surface area contributed by atoms with E-state index in [1.807, 2.05) is 0 Å². The van der Waals surface area contributed by atoms with Crippen LogP contribution < -0.4 is 16.6 Å². The van der Waals surface area contributed by atoms with Gasteiger partial charge in [0.2, 0.25) is 5.95 Å². The van der Waals surface area contributed by atoms with E-state index < -0.39 is 0 Å². The van der Waals surface area contributed by atoms with Crippen LogP contribution in [0.2, 0.25) is 0 Å². The zero-order valence-electron chi connectivity index (χ0n) is 12.3. The molecule has 2 heterocycles. The fraction of sp³-hybridized carbons (Fsp3) is 0.538. The smallest absolute Gasteiger partial charge is 0.240 e. The van der Waals surface area contributed by atoms with E-state index in [0.29, 0.717) is 12.6 Å². The highest BCUT2D eigenvalue weighted by Crippen LogP contribution is 2.31. The molecule has 0 radical (unpaired) electrons.